The van der Waals surface area contributed by atoms with Gasteiger partial charge in [0, 0.05) is 12.7 Å². The summed E-state index contributed by atoms with van der Waals surface area (Å²) in [7, 11) is -2.58. The van der Waals surface area contributed by atoms with E-state index in [1.54, 1.807) is 73.8 Å². The Bertz CT molecular complexity index is 1620. The first-order valence-electron chi connectivity index (χ1n) is 13.5. The topological polar surface area (TPSA) is 145 Å². The highest BCUT2D eigenvalue weighted by molar-refractivity contribution is 7.92. The molecule has 0 atom stereocenters. The summed E-state index contributed by atoms with van der Waals surface area (Å²) in [5, 5.41) is 5.31. The number of nitrogens with one attached hydrogen (secondary N) is 2. The molecule has 0 unspecified atom stereocenters. The summed E-state index contributed by atoms with van der Waals surface area (Å²) in [5.41, 5.74) is 0. The minimum Gasteiger partial charge on any atom is -0.493 e. The summed E-state index contributed by atoms with van der Waals surface area (Å²) in [6.45, 7) is 5.63. The number of methoxy groups -OCH3 is 1. The van der Waals surface area contributed by atoms with Crippen LogP contribution in [0, 0.1) is 12.8 Å². The number of para-hydroxylation sites is 2. The number of hydrogen-bond donors (Lipinski definition) is 2. The molecule has 0 fully saturated rings. The van der Waals surface area contributed by atoms with Crippen molar-refractivity contribution >= 4 is 27.7 Å². The van der Waals surface area contributed by atoms with Crippen molar-refractivity contribution in [2.24, 2.45) is 5.92 Å². The Kier molecular flexibility index (Phi) is 10.3. The zero-order valence-electron chi connectivity index (χ0n) is 24.4. The fraction of sp³-hybridized carbons (Fsp3) is 0.267. The lowest BCUT2D eigenvalue weighted by Gasteiger charge is -2.27. The smallest absolute Gasteiger partial charge is 0.320 e. The second kappa shape index (κ2) is 14.3. The zero-order valence-corrected chi connectivity index (χ0v) is 25.2. The number of amides is 2. The molecule has 13 heteroatoms. The lowest BCUT2D eigenvalue weighted by atomic mass is 10.2. The number of urea groups is 1. The minimum absolute atomic E-state index is 0.00245. The summed E-state index contributed by atoms with van der Waals surface area (Å²) in [6.07, 6.45) is 1.57. The van der Waals surface area contributed by atoms with E-state index < -0.39 is 16.1 Å². The summed E-state index contributed by atoms with van der Waals surface area (Å²) in [5.74, 6) is 1.29. The van der Waals surface area contributed by atoms with Gasteiger partial charge in [0.05, 0.1) is 18.6 Å². The molecule has 4 aromatic rings. The van der Waals surface area contributed by atoms with Crippen LogP contribution in [0.2, 0.25) is 0 Å². The van der Waals surface area contributed by atoms with E-state index in [0.717, 1.165) is 0 Å². The maximum absolute atomic E-state index is 14.0. The molecule has 0 aliphatic heterocycles. The van der Waals surface area contributed by atoms with Gasteiger partial charge in [0.25, 0.3) is 15.9 Å². The molecular formula is C30H34N6O6S. The number of pyridine rings is 1. The lowest BCUT2D eigenvalue weighted by Crippen LogP contribution is -2.35. The number of hydrogen-bond acceptors (Lipinski definition) is 9. The molecule has 2 amide bonds. The Hall–Kier alpha value is -4.91. The molecule has 0 aliphatic carbocycles. The highest BCUT2D eigenvalue weighted by atomic mass is 32.2. The van der Waals surface area contributed by atoms with Crippen molar-refractivity contribution in [3.05, 3.63) is 84.8 Å². The molecule has 0 saturated carbocycles. The average molecular weight is 607 g/mol. The van der Waals surface area contributed by atoms with E-state index in [-0.39, 0.29) is 53.8 Å². The van der Waals surface area contributed by atoms with Gasteiger partial charge in [-0.2, -0.15) is 4.98 Å². The van der Waals surface area contributed by atoms with Gasteiger partial charge in [0.1, 0.15) is 18.2 Å². The normalized spacial score (nSPS) is 11.1. The minimum atomic E-state index is -4.07. The van der Waals surface area contributed by atoms with E-state index in [1.807, 2.05) is 13.8 Å². The molecule has 2 aromatic heterocycles. The molecule has 2 heterocycles. The highest BCUT2D eigenvalue weighted by Gasteiger charge is 2.32. The van der Waals surface area contributed by atoms with Gasteiger partial charge in [-0.1, -0.05) is 50.2 Å². The summed E-state index contributed by atoms with van der Waals surface area (Å²) < 4.78 is 46.9. The SMILES string of the molecule is COc1ccccc1Oc1c(OCCNC(=O)Nc2ccccn2)nc(C)nc1N(CC(C)C)S(=O)(=O)c1ccccc1. The Balaban J connectivity index is 1.69. The second-order valence-electron chi connectivity index (χ2n) is 9.67. The molecule has 43 heavy (non-hydrogen) atoms. The van der Waals surface area contributed by atoms with Gasteiger partial charge >= 0.3 is 6.03 Å². The number of rotatable bonds is 13. The molecule has 12 nitrogen and oxygen atoms in total. The van der Waals surface area contributed by atoms with Gasteiger partial charge in [-0.15, -0.1) is 0 Å². The predicted molar refractivity (Wildman–Crippen MR) is 162 cm³/mol. The quantitative estimate of drug-likeness (QED) is 0.200. The number of aromatic nitrogens is 3. The van der Waals surface area contributed by atoms with E-state index in [4.69, 9.17) is 14.2 Å². The number of carbonyl (C=O) groups excluding carboxylic acids is 1. The lowest BCUT2D eigenvalue weighted by molar-refractivity contribution is 0.245. The van der Waals surface area contributed by atoms with Crippen LogP contribution < -0.4 is 29.1 Å². The van der Waals surface area contributed by atoms with Crippen molar-refractivity contribution in [2.45, 2.75) is 25.7 Å². The van der Waals surface area contributed by atoms with E-state index in [0.29, 0.717) is 17.3 Å². The van der Waals surface area contributed by atoms with E-state index >= 15 is 0 Å². The number of aryl methyl sites for hydroxylation is 1. The van der Waals surface area contributed by atoms with E-state index in [1.165, 1.54) is 23.5 Å². The molecule has 0 saturated heterocycles. The summed E-state index contributed by atoms with van der Waals surface area (Å²) in [6, 6.07) is 19.7. The Labute approximate surface area is 251 Å². The first-order chi connectivity index (χ1) is 20.7. The first-order valence-corrected chi connectivity index (χ1v) is 15.0. The van der Waals surface area contributed by atoms with Gasteiger partial charge in [-0.25, -0.2) is 27.5 Å². The van der Waals surface area contributed by atoms with Crippen molar-refractivity contribution in [2.75, 3.05) is 36.4 Å². The van der Waals surface area contributed by atoms with Gasteiger partial charge in [-0.05, 0) is 49.2 Å². The second-order valence-corrected chi connectivity index (χ2v) is 11.5. The standard InChI is InChI=1S/C30H34N6O6S/c1-21(2)20-36(43(38,39)23-12-6-5-7-13-23)28-27(42-25-15-9-8-14-24(25)40-4)29(34-22(3)33-28)41-19-18-32-30(37)35-26-16-10-11-17-31-26/h5-17,21H,18-20H2,1-4H3,(H2,31,32,35,37). The highest BCUT2D eigenvalue weighted by Crippen LogP contribution is 2.42. The largest absolute Gasteiger partial charge is 0.493 e. The molecule has 0 bridgehead atoms. The Morgan fingerprint density at radius 2 is 1.65 bits per heavy atom. The van der Waals surface area contributed by atoms with Crippen LogP contribution in [0.15, 0.2) is 83.9 Å². The van der Waals surface area contributed by atoms with Gasteiger partial charge in [0.15, 0.2) is 17.3 Å². The van der Waals surface area contributed by atoms with Gasteiger partial charge in [-0.3, -0.25) is 5.32 Å². The molecular weight excluding hydrogens is 572 g/mol. The number of ether oxygens (including phenoxy) is 3. The third-order valence-corrected chi connectivity index (χ3v) is 7.61. The van der Waals surface area contributed by atoms with Crippen molar-refractivity contribution in [1.82, 2.24) is 20.3 Å². The van der Waals surface area contributed by atoms with Crippen LogP contribution in [0.3, 0.4) is 0 Å². The molecule has 0 radical (unpaired) electrons. The van der Waals surface area contributed by atoms with E-state index in [2.05, 4.69) is 25.6 Å². The summed E-state index contributed by atoms with van der Waals surface area (Å²) in [4.78, 5) is 25.4. The molecule has 226 valence electrons. The molecule has 0 aliphatic rings. The molecule has 0 spiro atoms. The fourth-order valence-electron chi connectivity index (χ4n) is 3.95. The van der Waals surface area contributed by atoms with Crippen LogP contribution in [0.4, 0.5) is 16.4 Å². The maximum Gasteiger partial charge on any atom is 0.320 e. The summed E-state index contributed by atoms with van der Waals surface area (Å²) >= 11 is 0. The van der Waals surface area contributed by atoms with Crippen molar-refractivity contribution < 1.29 is 27.4 Å². The van der Waals surface area contributed by atoms with Gasteiger partial charge in [0.2, 0.25) is 5.75 Å². The van der Waals surface area contributed by atoms with Crippen LogP contribution in [0.25, 0.3) is 0 Å². The monoisotopic (exact) mass is 606 g/mol. The average Bonchev–Trinajstić information content (AvgIpc) is 3.00. The predicted octanol–water partition coefficient (Wildman–Crippen LogP) is 5.03. The number of sulfonamides is 1. The maximum atomic E-state index is 14.0. The Morgan fingerprint density at radius 3 is 2.33 bits per heavy atom. The fourth-order valence-corrected chi connectivity index (χ4v) is 5.55. The third kappa shape index (κ3) is 8.10. The van der Waals surface area contributed by atoms with Crippen LogP contribution in [0.1, 0.15) is 19.7 Å². The van der Waals surface area contributed by atoms with Crippen LogP contribution in [-0.4, -0.2) is 56.2 Å². The third-order valence-electron chi connectivity index (χ3n) is 5.84. The zero-order chi connectivity index (χ0) is 30.8. The number of benzene rings is 2. The van der Waals surface area contributed by atoms with Gasteiger partial charge < -0.3 is 19.5 Å². The molecule has 2 aromatic carbocycles. The van der Waals surface area contributed by atoms with Crippen molar-refractivity contribution in [3.63, 3.8) is 0 Å². The van der Waals surface area contributed by atoms with Crippen LogP contribution in [0.5, 0.6) is 23.1 Å². The Morgan fingerprint density at radius 1 is 0.953 bits per heavy atom. The first kappa shape index (κ1) is 31.0. The number of nitrogens with zero attached hydrogens (tertiary/aromatic N) is 4. The number of anilines is 2. The van der Waals surface area contributed by atoms with Crippen molar-refractivity contribution in [1.29, 1.82) is 0 Å². The number of carbonyl (C=O) groups is 1. The molecule has 2 N–H and O–H groups in total. The van der Waals surface area contributed by atoms with Crippen molar-refractivity contribution in [3.8, 4) is 23.1 Å². The molecule has 4 rings (SSSR count). The van der Waals surface area contributed by atoms with Crippen LogP contribution in [-0.2, 0) is 10.0 Å². The van der Waals surface area contributed by atoms with E-state index in [9.17, 15) is 13.2 Å². The van der Waals surface area contributed by atoms with Crippen LogP contribution >= 0.6 is 0 Å².